The zero-order chi connectivity index (χ0) is 10.4. The summed E-state index contributed by atoms with van der Waals surface area (Å²) in [6, 6.07) is -0.485. The van der Waals surface area contributed by atoms with E-state index in [1.807, 2.05) is 0 Å². The van der Waals surface area contributed by atoms with Crippen LogP contribution >= 0.6 is 11.8 Å². The average molecular weight is 219 g/mol. The zero-order valence-electron chi connectivity index (χ0n) is 8.03. The summed E-state index contributed by atoms with van der Waals surface area (Å²) in [5.41, 5.74) is 5.42. The Kier molecular flexibility index (Phi) is 5.24. The quantitative estimate of drug-likeness (QED) is 0.477. The van der Waals surface area contributed by atoms with Crippen molar-refractivity contribution in [2.75, 3.05) is 18.8 Å². The number of carboxylic acids is 1. The first-order valence-corrected chi connectivity index (χ1v) is 5.83. The van der Waals surface area contributed by atoms with Gasteiger partial charge in [-0.15, -0.1) is 11.8 Å². The Bertz CT molecular complexity index is 185. The van der Waals surface area contributed by atoms with Crippen LogP contribution in [0.4, 0.5) is 0 Å². The average Bonchev–Trinajstić information content (AvgIpc) is 2.64. The minimum Gasteiger partial charge on any atom is -0.480 e. The first-order chi connectivity index (χ1) is 6.74. The number of nitrogens with one attached hydrogen (secondary N) is 2. The molecule has 6 heteroatoms. The molecule has 1 aliphatic rings. The molecule has 0 aromatic carbocycles. The molecular weight excluding hydrogens is 202 g/mol. The second-order valence-electron chi connectivity index (χ2n) is 3.19. The lowest BCUT2D eigenvalue weighted by Gasteiger charge is -2.18. The van der Waals surface area contributed by atoms with Crippen LogP contribution in [0, 0.1) is 0 Å². The highest BCUT2D eigenvalue weighted by Gasteiger charge is 2.22. The smallest absolute Gasteiger partial charge is 0.320 e. The van der Waals surface area contributed by atoms with Crippen LogP contribution in [-0.4, -0.2) is 41.5 Å². The fourth-order valence-corrected chi connectivity index (χ4v) is 2.28. The summed E-state index contributed by atoms with van der Waals surface area (Å²) in [6.07, 6.45) is 1.33. The van der Waals surface area contributed by atoms with Crippen molar-refractivity contribution in [1.29, 1.82) is 0 Å². The molecule has 0 radical (unpaired) electrons. The Balaban J connectivity index is 2.30. The van der Waals surface area contributed by atoms with Crippen molar-refractivity contribution in [1.82, 2.24) is 10.6 Å². The second kappa shape index (κ2) is 6.23. The summed E-state index contributed by atoms with van der Waals surface area (Å²) >= 11 is 1.70. The van der Waals surface area contributed by atoms with Gasteiger partial charge in [-0.1, -0.05) is 0 Å². The fourth-order valence-electron chi connectivity index (χ4n) is 1.32. The van der Waals surface area contributed by atoms with Gasteiger partial charge in [-0.25, -0.2) is 0 Å². The number of carboxylic acid groups (broad SMARTS) is 1. The lowest BCUT2D eigenvalue weighted by molar-refractivity contribution is -0.139. The fraction of sp³-hybridized carbons (Fsp3) is 0.875. The molecule has 0 saturated carbocycles. The van der Waals surface area contributed by atoms with E-state index in [4.69, 9.17) is 10.8 Å². The second-order valence-corrected chi connectivity index (χ2v) is 4.41. The summed E-state index contributed by atoms with van der Waals surface area (Å²) in [5, 5.41) is 15.1. The van der Waals surface area contributed by atoms with E-state index in [9.17, 15) is 4.79 Å². The Hall–Kier alpha value is -0.300. The Labute approximate surface area is 87.8 Å². The maximum atomic E-state index is 10.9. The van der Waals surface area contributed by atoms with Gasteiger partial charge in [0.15, 0.2) is 0 Å². The minimum atomic E-state index is -0.798. The molecule has 14 heavy (non-hydrogen) atoms. The van der Waals surface area contributed by atoms with Crippen LogP contribution in [0.5, 0.6) is 0 Å². The zero-order valence-corrected chi connectivity index (χ0v) is 8.85. The number of aliphatic carboxylic acids is 1. The third-order valence-corrected chi connectivity index (χ3v) is 3.14. The van der Waals surface area contributed by atoms with Gasteiger partial charge >= 0.3 is 5.97 Å². The number of thioether (sulfide) groups is 1. The highest BCUT2D eigenvalue weighted by molar-refractivity contribution is 8.00. The van der Waals surface area contributed by atoms with Crippen LogP contribution in [0.15, 0.2) is 0 Å². The predicted octanol–water partition coefficient (Wildman–Crippen LogP) is -0.612. The van der Waals surface area contributed by atoms with Gasteiger partial charge in [0.25, 0.3) is 0 Å². The van der Waals surface area contributed by atoms with E-state index >= 15 is 0 Å². The van der Waals surface area contributed by atoms with Crippen LogP contribution in [0.25, 0.3) is 0 Å². The van der Waals surface area contributed by atoms with Gasteiger partial charge in [0.1, 0.15) is 11.5 Å². The van der Waals surface area contributed by atoms with Gasteiger partial charge < -0.3 is 10.8 Å². The van der Waals surface area contributed by atoms with Crippen molar-refractivity contribution in [3.05, 3.63) is 0 Å². The van der Waals surface area contributed by atoms with E-state index in [1.165, 1.54) is 0 Å². The lowest BCUT2D eigenvalue weighted by atomic mass is 10.1. The molecule has 82 valence electrons. The minimum absolute atomic E-state index is 0.0777. The molecule has 0 aromatic rings. The van der Waals surface area contributed by atoms with Crippen LogP contribution in [-0.2, 0) is 4.79 Å². The van der Waals surface area contributed by atoms with Crippen molar-refractivity contribution < 1.29 is 9.90 Å². The van der Waals surface area contributed by atoms with Gasteiger partial charge in [0.2, 0.25) is 0 Å². The third kappa shape index (κ3) is 3.83. The molecule has 0 aromatic heterocycles. The Morgan fingerprint density at radius 1 is 1.79 bits per heavy atom. The van der Waals surface area contributed by atoms with Gasteiger partial charge in [-0.05, 0) is 19.4 Å². The van der Waals surface area contributed by atoms with Crippen molar-refractivity contribution in [2.24, 2.45) is 5.73 Å². The molecule has 1 rings (SSSR count). The first kappa shape index (κ1) is 11.8. The maximum absolute atomic E-state index is 10.9. The third-order valence-electron chi connectivity index (χ3n) is 2.06. The lowest BCUT2D eigenvalue weighted by Crippen LogP contribution is -2.46. The number of nitrogens with two attached hydrogens (primary N) is 1. The summed E-state index contributed by atoms with van der Waals surface area (Å²) in [5.74, 6) is 0.230. The molecule has 1 heterocycles. The normalized spacial score (nSPS) is 23.6. The van der Waals surface area contributed by atoms with E-state index < -0.39 is 12.0 Å². The van der Waals surface area contributed by atoms with E-state index in [0.29, 0.717) is 13.0 Å². The molecule has 1 unspecified atom stereocenters. The van der Waals surface area contributed by atoms with Gasteiger partial charge in [0, 0.05) is 12.3 Å². The van der Waals surface area contributed by atoms with Crippen molar-refractivity contribution in [3.8, 4) is 0 Å². The SMILES string of the molecule is NCCC[C@H](NC1NCCS1)C(=O)O. The van der Waals surface area contributed by atoms with Crippen LogP contribution in [0.3, 0.4) is 0 Å². The number of rotatable bonds is 6. The van der Waals surface area contributed by atoms with E-state index in [2.05, 4.69) is 10.6 Å². The van der Waals surface area contributed by atoms with Gasteiger partial charge in [0.05, 0.1) is 0 Å². The van der Waals surface area contributed by atoms with E-state index in [0.717, 1.165) is 18.7 Å². The highest BCUT2D eigenvalue weighted by Crippen LogP contribution is 2.12. The highest BCUT2D eigenvalue weighted by atomic mass is 32.2. The summed E-state index contributed by atoms with van der Waals surface area (Å²) < 4.78 is 0. The molecule has 0 aliphatic carbocycles. The van der Waals surface area contributed by atoms with E-state index in [-0.39, 0.29) is 5.50 Å². The topological polar surface area (TPSA) is 87.4 Å². The van der Waals surface area contributed by atoms with Crippen LogP contribution in [0.1, 0.15) is 12.8 Å². The molecule has 0 amide bonds. The summed E-state index contributed by atoms with van der Waals surface area (Å²) in [6.45, 7) is 1.47. The molecule has 0 spiro atoms. The van der Waals surface area contributed by atoms with Crippen molar-refractivity contribution in [3.63, 3.8) is 0 Å². The maximum Gasteiger partial charge on any atom is 0.320 e. The van der Waals surface area contributed by atoms with Crippen LogP contribution in [0.2, 0.25) is 0 Å². The first-order valence-electron chi connectivity index (χ1n) is 4.78. The number of hydrogen-bond donors (Lipinski definition) is 4. The summed E-state index contributed by atoms with van der Waals surface area (Å²) in [7, 11) is 0. The molecule has 2 atom stereocenters. The number of carbonyl (C=O) groups is 1. The molecule has 1 aliphatic heterocycles. The van der Waals surface area contributed by atoms with Crippen molar-refractivity contribution in [2.45, 2.75) is 24.4 Å². The van der Waals surface area contributed by atoms with Gasteiger partial charge in [-0.2, -0.15) is 0 Å². The van der Waals surface area contributed by atoms with Crippen molar-refractivity contribution >= 4 is 17.7 Å². The monoisotopic (exact) mass is 219 g/mol. The van der Waals surface area contributed by atoms with Gasteiger partial charge in [-0.3, -0.25) is 15.4 Å². The standard InChI is InChI=1S/C8H17N3O2S/c9-3-1-2-6(7(12)13)11-8-10-4-5-14-8/h6,8,10-11H,1-5,9H2,(H,12,13)/t6-,8?/m0/s1. The number of hydrogen-bond acceptors (Lipinski definition) is 5. The molecule has 5 nitrogen and oxygen atoms in total. The molecule has 1 fully saturated rings. The Morgan fingerprint density at radius 3 is 3.07 bits per heavy atom. The largest absolute Gasteiger partial charge is 0.480 e. The molecule has 0 bridgehead atoms. The summed E-state index contributed by atoms with van der Waals surface area (Å²) in [4.78, 5) is 10.9. The molecule has 1 saturated heterocycles. The molecular formula is C8H17N3O2S. The molecule has 5 N–H and O–H groups in total. The Morgan fingerprint density at radius 2 is 2.57 bits per heavy atom. The van der Waals surface area contributed by atoms with E-state index in [1.54, 1.807) is 11.8 Å². The predicted molar refractivity (Wildman–Crippen MR) is 57.1 cm³/mol. The van der Waals surface area contributed by atoms with Crippen LogP contribution < -0.4 is 16.4 Å².